The quantitative estimate of drug-likeness (QED) is 0.591. The lowest BCUT2D eigenvalue weighted by atomic mass is 10.3. The molecule has 0 unspecified atom stereocenters. The predicted octanol–water partition coefficient (Wildman–Crippen LogP) is -0.375. The number of fused-ring (bicyclic) bond motifs is 1. The first kappa shape index (κ1) is 7.72. The van der Waals surface area contributed by atoms with Crippen molar-refractivity contribution in [1.29, 1.82) is 0 Å². The van der Waals surface area contributed by atoms with Crippen LogP contribution in [0.15, 0.2) is 34.0 Å². The van der Waals surface area contributed by atoms with E-state index in [1.54, 1.807) is 24.7 Å². The zero-order valence-electron chi connectivity index (χ0n) is 6.84. The van der Waals surface area contributed by atoms with Gasteiger partial charge < -0.3 is 10.6 Å². The van der Waals surface area contributed by atoms with Crippen molar-refractivity contribution in [3.63, 3.8) is 0 Å². The number of aliphatic imine (C=N–C) groups is 2. The normalized spacial score (nSPS) is 19.2. The number of hydrogen-bond donors (Lipinski definition) is 1. The van der Waals surface area contributed by atoms with Crippen LogP contribution >= 0.6 is 0 Å². The first-order chi connectivity index (χ1) is 6.27. The van der Waals surface area contributed by atoms with Gasteiger partial charge in [0.1, 0.15) is 11.5 Å². The first-order valence-electron chi connectivity index (χ1n) is 3.82. The van der Waals surface area contributed by atoms with Gasteiger partial charge in [-0.2, -0.15) is 0 Å². The molecule has 2 heterocycles. The van der Waals surface area contributed by atoms with Crippen molar-refractivity contribution < 1.29 is 4.79 Å². The molecule has 2 aliphatic rings. The SMILES string of the molecule is NC(=O)C1=CCN2C=NC=CC2=N1. The van der Waals surface area contributed by atoms with Gasteiger partial charge in [-0.1, -0.05) is 0 Å². The van der Waals surface area contributed by atoms with Gasteiger partial charge in [0.15, 0.2) is 0 Å². The van der Waals surface area contributed by atoms with Crippen molar-refractivity contribution in [3.05, 3.63) is 24.0 Å². The van der Waals surface area contributed by atoms with Crippen LogP contribution in [0.4, 0.5) is 0 Å². The number of rotatable bonds is 1. The molecule has 13 heavy (non-hydrogen) atoms. The Kier molecular flexibility index (Phi) is 1.70. The monoisotopic (exact) mass is 176 g/mol. The van der Waals surface area contributed by atoms with E-state index in [-0.39, 0.29) is 0 Å². The number of carbonyl (C=O) groups is 1. The van der Waals surface area contributed by atoms with Crippen molar-refractivity contribution in [2.75, 3.05) is 6.54 Å². The fourth-order valence-electron chi connectivity index (χ4n) is 1.14. The second kappa shape index (κ2) is 2.85. The van der Waals surface area contributed by atoms with Crippen molar-refractivity contribution >= 4 is 18.1 Å². The Morgan fingerprint density at radius 3 is 3.23 bits per heavy atom. The fourth-order valence-corrected chi connectivity index (χ4v) is 1.14. The van der Waals surface area contributed by atoms with E-state index in [1.807, 2.05) is 4.90 Å². The van der Waals surface area contributed by atoms with Crippen LogP contribution in [0, 0.1) is 0 Å². The zero-order valence-corrected chi connectivity index (χ0v) is 6.84. The summed E-state index contributed by atoms with van der Waals surface area (Å²) in [6.07, 6.45) is 6.69. The molecule has 0 aromatic heterocycles. The topological polar surface area (TPSA) is 71.1 Å². The van der Waals surface area contributed by atoms with Crippen LogP contribution in [-0.2, 0) is 4.79 Å². The van der Waals surface area contributed by atoms with Crippen LogP contribution in [0.2, 0.25) is 0 Å². The van der Waals surface area contributed by atoms with Crippen LogP contribution in [0.5, 0.6) is 0 Å². The number of hydrogen-bond acceptors (Lipinski definition) is 4. The largest absolute Gasteiger partial charge is 0.364 e. The molecule has 2 N–H and O–H groups in total. The molecule has 0 aromatic rings. The van der Waals surface area contributed by atoms with E-state index in [1.165, 1.54) is 0 Å². The number of primary amides is 1. The Morgan fingerprint density at radius 2 is 2.46 bits per heavy atom. The summed E-state index contributed by atoms with van der Waals surface area (Å²) in [6.45, 7) is 0.588. The highest BCUT2D eigenvalue weighted by Crippen LogP contribution is 2.09. The van der Waals surface area contributed by atoms with E-state index < -0.39 is 5.91 Å². The molecule has 0 bridgehead atoms. The van der Waals surface area contributed by atoms with Crippen molar-refractivity contribution in [3.8, 4) is 0 Å². The van der Waals surface area contributed by atoms with Crippen LogP contribution in [0.25, 0.3) is 0 Å². The highest BCUT2D eigenvalue weighted by molar-refractivity contribution is 6.06. The molecule has 1 amide bonds. The Morgan fingerprint density at radius 1 is 1.62 bits per heavy atom. The molecule has 66 valence electrons. The summed E-state index contributed by atoms with van der Waals surface area (Å²) in [7, 11) is 0. The molecular formula is C8H8N4O. The average molecular weight is 176 g/mol. The van der Waals surface area contributed by atoms with E-state index in [4.69, 9.17) is 5.73 Å². The number of nitrogens with two attached hydrogens (primary N) is 1. The lowest BCUT2D eigenvalue weighted by Gasteiger charge is -2.22. The number of nitrogens with zero attached hydrogens (tertiary/aromatic N) is 3. The Balaban J connectivity index is 2.30. The maximum absolute atomic E-state index is 10.8. The molecule has 5 heteroatoms. The predicted molar refractivity (Wildman–Crippen MR) is 49.1 cm³/mol. The van der Waals surface area contributed by atoms with E-state index in [2.05, 4.69) is 9.98 Å². The lowest BCUT2D eigenvalue weighted by molar-refractivity contribution is -0.114. The summed E-state index contributed by atoms with van der Waals surface area (Å²) in [5, 5.41) is 0. The van der Waals surface area contributed by atoms with Gasteiger partial charge in [-0.05, 0) is 12.2 Å². The highest BCUT2D eigenvalue weighted by Gasteiger charge is 2.16. The molecule has 0 atom stereocenters. The molecule has 2 rings (SSSR count). The summed E-state index contributed by atoms with van der Waals surface area (Å²) in [6, 6.07) is 0. The summed E-state index contributed by atoms with van der Waals surface area (Å²) < 4.78 is 0. The summed E-state index contributed by atoms with van der Waals surface area (Å²) in [5.74, 6) is 0.203. The molecule has 5 nitrogen and oxygen atoms in total. The average Bonchev–Trinajstić information content (AvgIpc) is 2.17. The third kappa shape index (κ3) is 1.35. The van der Waals surface area contributed by atoms with Gasteiger partial charge in [0, 0.05) is 12.7 Å². The minimum Gasteiger partial charge on any atom is -0.364 e. The van der Waals surface area contributed by atoms with Gasteiger partial charge >= 0.3 is 0 Å². The van der Waals surface area contributed by atoms with E-state index in [0.29, 0.717) is 18.1 Å². The van der Waals surface area contributed by atoms with E-state index >= 15 is 0 Å². The summed E-state index contributed by atoms with van der Waals surface area (Å²) in [5.41, 5.74) is 5.41. The molecule has 2 aliphatic heterocycles. The van der Waals surface area contributed by atoms with Gasteiger partial charge in [-0.15, -0.1) is 0 Å². The van der Waals surface area contributed by atoms with E-state index in [9.17, 15) is 4.79 Å². The first-order valence-corrected chi connectivity index (χ1v) is 3.82. The van der Waals surface area contributed by atoms with Gasteiger partial charge in [-0.25, -0.2) is 9.98 Å². The van der Waals surface area contributed by atoms with Gasteiger partial charge in [-0.3, -0.25) is 4.79 Å². The molecule has 0 aliphatic carbocycles. The van der Waals surface area contributed by atoms with Crippen LogP contribution in [-0.4, -0.2) is 29.5 Å². The maximum atomic E-state index is 10.8. The molecular weight excluding hydrogens is 168 g/mol. The molecule has 0 spiro atoms. The highest BCUT2D eigenvalue weighted by atomic mass is 16.1. The number of amides is 1. The van der Waals surface area contributed by atoms with Crippen molar-refractivity contribution in [2.45, 2.75) is 0 Å². The third-order valence-corrected chi connectivity index (χ3v) is 1.78. The lowest BCUT2D eigenvalue weighted by Crippen LogP contribution is -2.34. The molecule has 0 radical (unpaired) electrons. The Labute approximate surface area is 75.0 Å². The van der Waals surface area contributed by atoms with Crippen LogP contribution < -0.4 is 5.73 Å². The van der Waals surface area contributed by atoms with Gasteiger partial charge in [0.25, 0.3) is 5.91 Å². The maximum Gasteiger partial charge on any atom is 0.267 e. The van der Waals surface area contributed by atoms with Crippen molar-refractivity contribution in [2.24, 2.45) is 15.7 Å². The Bertz CT molecular complexity index is 364. The van der Waals surface area contributed by atoms with Gasteiger partial charge in [0.2, 0.25) is 0 Å². The molecule has 0 saturated carbocycles. The standard InChI is InChI=1S/C8H8N4O/c9-8(13)6-2-4-12-5-10-3-1-7(12)11-6/h1-3,5H,4H2,(H2,9,13). The second-order valence-electron chi connectivity index (χ2n) is 2.66. The smallest absolute Gasteiger partial charge is 0.267 e. The fraction of sp³-hybridized carbons (Fsp3) is 0.125. The van der Waals surface area contributed by atoms with Gasteiger partial charge in [0.05, 0.1) is 6.34 Å². The minimum atomic E-state index is -0.497. The van der Waals surface area contributed by atoms with Crippen LogP contribution in [0.1, 0.15) is 0 Å². The molecule has 0 saturated heterocycles. The second-order valence-corrected chi connectivity index (χ2v) is 2.66. The number of amidine groups is 1. The Hall–Kier alpha value is -1.91. The minimum absolute atomic E-state index is 0.311. The molecule has 0 fully saturated rings. The van der Waals surface area contributed by atoms with Crippen molar-refractivity contribution in [1.82, 2.24) is 4.90 Å². The summed E-state index contributed by atoms with van der Waals surface area (Å²) >= 11 is 0. The third-order valence-electron chi connectivity index (χ3n) is 1.78. The molecule has 0 aromatic carbocycles. The van der Waals surface area contributed by atoms with E-state index in [0.717, 1.165) is 0 Å². The number of carbonyl (C=O) groups excluding carboxylic acids is 1. The summed E-state index contributed by atoms with van der Waals surface area (Å²) in [4.78, 5) is 20.6. The zero-order chi connectivity index (χ0) is 9.26. The van der Waals surface area contributed by atoms with Crippen LogP contribution in [0.3, 0.4) is 0 Å².